The van der Waals surface area contributed by atoms with E-state index in [0.717, 1.165) is 45.1 Å². The van der Waals surface area contributed by atoms with Gasteiger partial charge in [-0.15, -0.1) is 0 Å². The number of amides is 2. The van der Waals surface area contributed by atoms with E-state index in [0.29, 0.717) is 36.3 Å². The molecule has 14 heteroatoms. The maximum absolute atomic E-state index is 15.2. The molecule has 3 atom stereocenters. The molecule has 0 aliphatic carbocycles. The molecule has 13 nitrogen and oxygen atoms in total. The van der Waals surface area contributed by atoms with Gasteiger partial charge in [-0.05, 0) is 48.9 Å². The van der Waals surface area contributed by atoms with Crippen molar-refractivity contribution in [3.63, 3.8) is 0 Å². The Hall–Kier alpha value is -4.87. The molecule has 0 spiro atoms. The minimum atomic E-state index is -1.47. The summed E-state index contributed by atoms with van der Waals surface area (Å²) < 4.78 is 26.4. The number of hydrogen-bond donors (Lipinski definition) is 2. The molecule has 4 fully saturated rings. The standard InChI is InChI=1S/C33H36FN9O4/c34-27-17-43(32(45)26-7-9-36-31(26)44)10-8-29(27)47-28-6-1-21(15-22(28)16-35)30-37-20-38-33(40-30)39-23-2-4-24(5-3-23)41-11-13-42(14-12-41)25-18-46-19-25/h1-6,15,20,25-27,29H,7-14,17-19H2,(H,36,44)(H,37,38,39,40)/t26?,27-,29?/m1/s1. The van der Waals surface area contributed by atoms with Gasteiger partial charge in [-0.25, -0.2) is 14.4 Å². The largest absolute Gasteiger partial charge is 0.486 e. The summed E-state index contributed by atoms with van der Waals surface area (Å²) in [4.78, 5) is 44.0. The summed E-state index contributed by atoms with van der Waals surface area (Å²) in [5.74, 6) is -0.454. The van der Waals surface area contributed by atoms with E-state index >= 15 is 4.39 Å². The lowest BCUT2D eigenvalue weighted by atomic mass is 10.0. The zero-order valence-corrected chi connectivity index (χ0v) is 25.8. The van der Waals surface area contributed by atoms with Gasteiger partial charge in [0.2, 0.25) is 17.8 Å². The Morgan fingerprint density at radius 1 is 1.06 bits per heavy atom. The molecule has 0 bridgehead atoms. The van der Waals surface area contributed by atoms with Crippen LogP contribution >= 0.6 is 0 Å². The van der Waals surface area contributed by atoms with Crippen LogP contribution in [0.4, 0.5) is 21.7 Å². The lowest BCUT2D eigenvalue weighted by Gasteiger charge is -2.43. The average molecular weight is 642 g/mol. The molecular weight excluding hydrogens is 605 g/mol. The van der Waals surface area contributed by atoms with Gasteiger partial charge in [-0.2, -0.15) is 10.2 Å². The maximum Gasteiger partial charge on any atom is 0.235 e. The van der Waals surface area contributed by atoms with E-state index in [-0.39, 0.29) is 42.6 Å². The molecule has 2 unspecified atom stereocenters. The van der Waals surface area contributed by atoms with Crippen LogP contribution < -0.4 is 20.3 Å². The highest BCUT2D eigenvalue weighted by atomic mass is 19.1. The second-order valence-electron chi connectivity index (χ2n) is 12.2. The number of nitriles is 1. The summed E-state index contributed by atoms with van der Waals surface area (Å²) >= 11 is 0. The van der Waals surface area contributed by atoms with Gasteiger partial charge >= 0.3 is 0 Å². The zero-order chi connectivity index (χ0) is 32.3. The van der Waals surface area contributed by atoms with Crippen molar-refractivity contribution in [3.05, 3.63) is 54.4 Å². The molecule has 4 saturated heterocycles. The van der Waals surface area contributed by atoms with E-state index in [1.54, 1.807) is 18.2 Å². The van der Waals surface area contributed by atoms with Crippen LogP contribution in [0.5, 0.6) is 5.75 Å². The van der Waals surface area contributed by atoms with Crippen LogP contribution in [0, 0.1) is 17.2 Å². The number of hydrogen-bond acceptors (Lipinski definition) is 11. The van der Waals surface area contributed by atoms with Crippen molar-refractivity contribution in [3.8, 4) is 23.2 Å². The van der Waals surface area contributed by atoms with Crippen LogP contribution in [0.2, 0.25) is 0 Å². The summed E-state index contributed by atoms with van der Waals surface area (Å²) in [6, 6.07) is 15.8. The highest BCUT2D eigenvalue weighted by Gasteiger charge is 2.39. The molecule has 1 aromatic heterocycles. The number of anilines is 3. The predicted molar refractivity (Wildman–Crippen MR) is 170 cm³/mol. The number of piperidine rings is 1. The van der Waals surface area contributed by atoms with Gasteiger partial charge in [0.15, 0.2) is 12.0 Å². The fourth-order valence-electron chi connectivity index (χ4n) is 6.45. The molecule has 5 heterocycles. The van der Waals surface area contributed by atoms with Crippen LogP contribution in [-0.2, 0) is 14.3 Å². The highest BCUT2D eigenvalue weighted by Crippen LogP contribution is 2.29. The van der Waals surface area contributed by atoms with Crippen molar-refractivity contribution in [2.45, 2.75) is 31.2 Å². The summed E-state index contributed by atoms with van der Waals surface area (Å²) in [6.07, 6.45) is -0.234. The Bertz CT molecular complexity index is 1660. The van der Waals surface area contributed by atoms with Crippen molar-refractivity contribution in [2.24, 2.45) is 5.92 Å². The van der Waals surface area contributed by atoms with Crippen molar-refractivity contribution >= 4 is 29.1 Å². The van der Waals surface area contributed by atoms with Crippen molar-refractivity contribution < 1.29 is 23.5 Å². The number of carbonyl (C=O) groups is 2. The smallest absolute Gasteiger partial charge is 0.235 e. The number of alkyl halides is 1. The Kier molecular flexibility index (Phi) is 8.82. The normalized spacial score (nSPS) is 23.5. The number of rotatable bonds is 8. The number of ether oxygens (including phenoxy) is 2. The van der Waals surface area contributed by atoms with E-state index in [1.165, 1.54) is 16.9 Å². The molecule has 2 amide bonds. The maximum atomic E-state index is 15.2. The van der Waals surface area contributed by atoms with Gasteiger partial charge in [0.05, 0.1) is 31.4 Å². The second kappa shape index (κ2) is 13.5. The SMILES string of the molecule is N#Cc1cc(-c2ncnc(Nc3ccc(N4CCN(C5COC5)CC4)cc3)n2)ccc1OC1CCN(C(=O)C2CCNC2=O)C[C@H]1F. The molecule has 47 heavy (non-hydrogen) atoms. The Morgan fingerprint density at radius 2 is 1.87 bits per heavy atom. The fourth-order valence-corrected chi connectivity index (χ4v) is 6.45. The van der Waals surface area contributed by atoms with Crippen molar-refractivity contribution in [1.29, 1.82) is 5.26 Å². The van der Waals surface area contributed by atoms with Gasteiger partial charge < -0.3 is 29.9 Å². The first-order valence-corrected chi connectivity index (χ1v) is 16.0. The first-order chi connectivity index (χ1) is 22.9. The van der Waals surface area contributed by atoms with Gasteiger partial charge in [-0.1, -0.05) is 0 Å². The first-order valence-electron chi connectivity index (χ1n) is 16.0. The Labute approximate surface area is 271 Å². The van der Waals surface area contributed by atoms with E-state index < -0.39 is 18.2 Å². The third kappa shape index (κ3) is 6.68. The average Bonchev–Trinajstić information content (AvgIpc) is 3.51. The number of piperazine rings is 1. The monoisotopic (exact) mass is 641 g/mol. The number of likely N-dealkylation sites (tertiary alicyclic amines) is 1. The molecule has 4 aliphatic rings. The minimum Gasteiger partial charge on any atom is -0.486 e. The number of nitrogens with one attached hydrogen (secondary N) is 2. The first kappa shape index (κ1) is 30.8. The summed E-state index contributed by atoms with van der Waals surface area (Å²) in [5, 5.41) is 15.7. The van der Waals surface area contributed by atoms with Gasteiger partial charge in [0.1, 0.15) is 30.2 Å². The Balaban J connectivity index is 0.960. The highest BCUT2D eigenvalue weighted by molar-refractivity contribution is 6.01. The Morgan fingerprint density at radius 3 is 2.55 bits per heavy atom. The number of carbonyl (C=O) groups excluding carboxylic acids is 2. The lowest BCUT2D eigenvalue weighted by molar-refractivity contribution is -0.143. The zero-order valence-electron chi connectivity index (χ0n) is 25.8. The molecule has 4 aliphatic heterocycles. The number of halogens is 1. The molecule has 7 rings (SSSR count). The molecule has 2 N–H and O–H groups in total. The molecule has 3 aromatic rings. The van der Waals surface area contributed by atoms with E-state index in [2.05, 4.69) is 53.6 Å². The van der Waals surface area contributed by atoms with Crippen LogP contribution in [0.15, 0.2) is 48.8 Å². The van der Waals surface area contributed by atoms with E-state index in [4.69, 9.17) is 9.47 Å². The third-order valence-electron chi connectivity index (χ3n) is 9.29. The summed E-state index contributed by atoms with van der Waals surface area (Å²) in [5.41, 5.74) is 2.79. The molecule has 0 radical (unpaired) electrons. The summed E-state index contributed by atoms with van der Waals surface area (Å²) in [6.45, 7) is 6.26. The van der Waals surface area contributed by atoms with Gasteiger partial charge in [0, 0.05) is 62.6 Å². The van der Waals surface area contributed by atoms with E-state index in [1.807, 2.05) is 12.1 Å². The molecule has 0 saturated carbocycles. The van der Waals surface area contributed by atoms with Gasteiger partial charge in [-0.3, -0.25) is 14.5 Å². The second-order valence-corrected chi connectivity index (χ2v) is 12.2. The number of aromatic nitrogens is 3. The predicted octanol–water partition coefficient (Wildman–Crippen LogP) is 2.13. The van der Waals surface area contributed by atoms with E-state index in [9.17, 15) is 14.9 Å². The lowest BCUT2D eigenvalue weighted by Crippen LogP contribution is -2.56. The van der Waals surface area contributed by atoms with Crippen LogP contribution in [0.1, 0.15) is 18.4 Å². The quantitative estimate of drug-likeness (QED) is 0.349. The number of benzene rings is 2. The van der Waals surface area contributed by atoms with Crippen molar-refractivity contribution in [1.82, 2.24) is 30.1 Å². The summed E-state index contributed by atoms with van der Waals surface area (Å²) in [7, 11) is 0. The van der Waals surface area contributed by atoms with Crippen LogP contribution in [0.25, 0.3) is 11.4 Å². The van der Waals surface area contributed by atoms with Crippen molar-refractivity contribution in [2.75, 3.05) is 69.2 Å². The molecule has 244 valence electrons. The van der Waals surface area contributed by atoms with Crippen LogP contribution in [-0.4, -0.2) is 114 Å². The minimum absolute atomic E-state index is 0.163. The van der Waals surface area contributed by atoms with Crippen LogP contribution in [0.3, 0.4) is 0 Å². The molecule has 2 aromatic carbocycles. The third-order valence-corrected chi connectivity index (χ3v) is 9.29. The molecular formula is C33H36FN9O4. The topological polar surface area (TPSA) is 149 Å². The number of nitrogens with zero attached hydrogens (tertiary/aromatic N) is 7. The van der Waals surface area contributed by atoms with Gasteiger partial charge in [0.25, 0.3) is 0 Å². The fraction of sp³-hybridized carbons (Fsp3) is 0.455.